The van der Waals surface area contributed by atoms with E-state index in [1.807, 2.05) is 0 Å². The molecule has 0 aliphatic carbocycles. The number of carboxylic acids is 1. The Morgan fingerprint density at radius 3 is 2.80 bits per heavy atom. The van der Waals surface area contributed by atoms with Crippen LogP contribution < -0.4 is 9.47 Å². The van der Waals surface area contributed by atoms with E-state index in [2.05, 4.69) is 0 Å². The number of ether oxygens (including phenoxy) is 2. The molecule has 0 saturated heterocycles. The fraction of sp³-hybridized carbons (Fsp3) is 0.385. The van der Waals surface area contributed by atoms with Gasteiger partial charge in [0.2, 0.25) is 6.41 Å². The number of halogens is 1. The summed E-state index contributed by atoms with van der Waals surface area (Å²) in [5, 5.41) is 9.61. The van der Waals surface area contributed by atoms with Gasteiger partial charge >= 0.3 is 5.97 Å². The standard InChI is InChI=1S/C13H14ClNO5/c1-2-15(7-16)11(13(17)18)8-5-9(14)12-10(6-8)19-3-4-20-12/h5-7,11H,2-4H2,1H3,(H,17,18). The van der Waals surface area contributed by atoms with E-state index in [0.717, 1.165) is 0 Å². The summed E-state index contributed by atoms with van der Waals surface area (Å²) in [6.45, 7) is 2.73. The first-order chi connectivity index (χ1) is 9.58. The van der Waals surface area contributed by atoms with Crippen molar-refractivity contribution in [2.45, 2.75) is 13.0 Å². The second kappa shape index (κ2) is 6.00. The zero-order valence-electron chi connectivity index (χ0n) is 10.8. The van der Waals surface area contributed by atoms with Crippen LogP contribution in [0.1, 0.15) is 18.5 Å². The van der Waals surface area contributed by atoms with Gasteiger partial charge in [0.25, 0.3) is 0 Å². The molecule has 1 amide bonds. The number of nitrogens with zero attached hydrogens (tertiary/aromatic N) is 1. The number of amides is 1. The van der Waals surface area contributed by atoms with Crippen molar-refractivity contribution in [1.82, 2.24) is 4.90 Å². The average molecular weight is 300 g/mol. The van der Waals surface area contributed by atoms with Gasteiger partial charge < -0.3 is 19.5 Å². The summed E-state index contributed by atoms with van der Waals surface area (Å²) in [4.78, 5) is 23.6. The van der Waals surface area contributed by atoms with Gasteiger partial charge in [-0.25, -0.2) is 4.79 Å². The maximum absolute atomic E-state index is 11.4. The highest BCUT2D eigenvalue weighted by molar-refractivity contribution is 6.32. The van der Waals surface area contributed by atoms with Crippen molar-refractivity contribution in [1.29, 1.82) is 0 Å². The van der Waals surface area contributed by atoms with Gasteiger partial charge in [-0.2, -0.15) is 0 Å². The lowest BCUT2D eigenvalue weighted by molar-refractivity contribution is -0.146. The van der Waals surface area contributed by atoms with Crippen LogP contribution in [0.3, 0.4) is 0 Å². The summed E-state index contributed by atoms with van der Waals surface area (Å²) in [5.74, 6) is -0.335. The van der Waals surface area contributed by atoms with Gasteiger partial charge in [-0.15, -0.1) is 0 Å². The predicted octanol–water partition coefficient (Wildman–Crippen LogP) is 1.72. The van der Waals surface area contributed by atoms with Crippen molar-refractivity contribution in [2.75, 3.05) is 19.8 Å². The SMILES string of the molecule is CCN(C=O)C(C(=O)O)c1cc(Cl)c2c(c1)OCCO2. The molecule has 108 valence electrons. The number of fused-ring (bicyclic) bond motifs is 1. The Kier molecular flexibility index (Phi) is 4.34. The lowest BCUT2D eigenvalue weighted by atomic mass is 10.0. The highest BCUT2D eigenvalue weighted by Gasteiger charge is 2.28. The molecule has 7 heteroatoms. The molecule has 0 radical (unpaired) electrons. The second-order valence-electron chi connectivity index (χ2n) is 4.20. The fourth-order valence-electron chi connectivity index (χ4n) is 2.08. The number of hydrogen-bond acceptors (Lipinski definition) is 4. The monoisotopic (exact) mass is 299 g/mol. The number of likely N-dealkylation sites (N-methyl/N-ethyl adjacent to an activating group) is 1. The van der Waals surface area contributed by atoms with Crippen LogP contribution in [0.15, 0.2) is 12.1 Å². The van der Waals surface area contributed by atoms with Gasteiger partial charge in [-0.1, -0.05) is 11.6 Å². The van der Waals surface area contributed by atoms with E-state index in [1.165, 1.54) is 11.0 Å². The molecular weight excluding hydrogens is 286 g/mol. The molecule has 1 aromatic rings. The lowest BCUT2D eigenvalue weighted by Crippen LogP contribution is -2.33. The maximum atomic E-state index is 11.4. The largest absolute Gasteiger partial charge is 0.486 e. The van der Waals surface area contributed by atoms with Crippen molar-refractivity contribution in [2.24, 2.45) is 0 Å². The van der Waals surface area contributed by atoms with E-state index < -0.39 is 12.0 Å². The molecule has 0 fully saturated rings. The van der Waals surface area contributed by atoms with Crippen molar-refractivity contribution < 1.29 is 24.2 Å². The van der Waals surface area contributed by atoms with Crippen LogP contribution in [-0.2, 0) is 9.59 Å². The molecule has 1 heterocycles. The van der Waals surface area contributed by atoms with Crippen LogP contribution in [0.4, 0.5) is 0 Å². The molecule has 6 nitrogen and oxygen atoms in total. The number of carbonyl (C=O) groups is 2. The molecular formula is C13H14ClNO5. The number of aliphatic carboxylic acids is 1. The smallest absolute Gasteiger partial charge is 0.331 e. The quantitative estimate of drug-likeness (QED) is 0.838. The second-order valence-corrected chi connectivity index (χ2v) is 4.61. The zero-order chi connectivity index (χ0) is 14.7. The summed E-state index contributed by atoms with van der Waals surface area (Å²) in [7, 11) is 0. The third-order valence-electron chi connectivity index (χ3n) is 3.00. The summed E-state index contributed by atoms with van der Waals surface area (Å²) in [6.07, 6.45) is 0.503. The summed E-state index contributed by atoms with van der Waals surface area (Å²) >= 11 is 6.08. The fourth-order valence-corrected chi connectivity index (χ4v) is 2.36. The van der Waals surface area contributed by atoms with E-state index in [4.69, 9.17) is 21.1 Å². The van der Waals surface area contributed by atoms with E-state index in [-0.39, 0.29) is 11.6 Å². The van der Waals surface area contributed by atoms with Crippen molar-refractivity contribution in [3.8, 4) is 11.5 Å². The topological polar surface area (TPSA) is 76.1 Å². The minimum atomic E-state index is -1.13. The Morgan fingerprint density at radius 2 is 2.20 bits per heavy atom. The van der Waals surface area contributed by atoms with Gasteiger partial charge in [0, 0.05) is 6.54 Å². The molecule has 0 saturated carbocycles. The maximum Gasteiger partial charge on any atom is 0.331 e. The van der Waals surface area contributed by atoms with Crippen LogP contribution in [0, 0.1) is 0 Å². The van der Waals surface area contributed by atoms with Gasteiger partial charge in [0.15, 0.2) is 17.5 Å². The van der Waals surface area contributed by atoms with Crippen molar-refractivity contribution in [3.63, 3.8) is 0 Å². The molecule has 20 heavy (non-hydrogen) atoms. The number of benzene rings is 1. The molecule has 1 unspecified atom stereocenters. The van der Waals surface area contributed by atoms with Crippen LogP contribution in [0.2, 0.25) is 5.02 Å². The first-order valence-corrected chi connectivity index (χ1v) is 6.49. The highest BCUT2D eigenvalue weighted by atomic mass is 35.5. The van der Waals surface area contributed by atoms with Gasteiger partial charge in [-0.3, -0.25) is 4.79 Å². The first kappa shape index (κ1) is 14.5. The third kappa shape index (κ3) is 2.65. The molecule has 1 atom stereocenters. The zero-order valence-corrected chi connectivity index (χ0v) is 11.6. The summed E-state index contributed by atoms with van der Waals surface area (Å²) in [6, 6.07) is 1.93. The van der Waals surface area contributed by atoms with Gasteiger partial charge in [0.05, 0.1) is 5.02 Å². The minimum absolute atomic E-state index is 0.269. The molecule has 1 aliphatic heterocycles. The van der Waals surface area contributed by atoms with E-state index >= 15 is 0 Å². The molecule has 2 rings (SSSR count). The normalized spacial score (nSPS) is 14.5. The van der Waals surface area contributed by atoms with E-state index in [1.54, 1.807) is 13.0 Å². The summed E-state index contributed by atoms with van der Waals surface area (Å²) in [5.41, 5.74) is 0.376. The molecule has 1 aromatic carbocycles. The molecule has 0 spiro atoms. The summed E-state index contributed by atoms with van der Waals surface area (Å²) < 4.78 is 10.8. The third-order valence-corrected chi connectivity index (χ3v) is 3.28. The Bertz CT molecular complexity index is 534. The number of rotatable bonds is 5. The van der Waals surface area contributed by atoms with E-state index in [0.29, 0.717) is 36.7 Å². The van der Waals surface area contributed by atoms with E-state index in [9.17, 15) is 14.7 Å². The average Bonchev–Trinajstić information content (AvgIpc) is 2.44. The Morgan fingerprint density at radius 1 is 1.50 bits per heavy atom. The first-order valence-electron chi connectivity index (χ1n) is 6.11. The molecule has 1 N–H and O–H groups in total. The van der Waals surface area contributed by atoms with Crippen molar-refractivity contribution >= 4 is 24.0 Å². The number of carbonyl (C=O) groups excluding carboxylic acids is 1. The van der Waals surface area contributed by atoms with Crippen LogP contribution in [0.5, 0.6) is 11.5 Å². The van der Waals surface area contributed by atoms with Crippen molar-refractivity contribution in [3.05, 3.63) is 22.7 Å². The Labute approximate surface area is 120 Å². The highest BCUT2D eigenvalue weighted by Crippen LogP contribution is 2.40. The molecule has 0 bridgehead atoms. The van der Waals surface area contributed by atoms with Gasteiger partial charge in [0.1, 0.15) is 13.2 Å². The van der Waals surface area contributed by atoms with Crippen LogP contribution in [-0.4, -0.2) is 42.1 Å². The van der Waals surface area contributed by atoms with Gasteiger partial charge in [-0.05, 0) is 24.6 Å². The predicted molar refractivity (Wildman–Crippen MR) is 71.3 cm³/mol. The Hall–Kier alpha value is -1.95. The number of carboxylic acid groups (broad SMARTS) is 1. The Balaban J connectivity index is 2.46. The molecule has 1 aliphatic rings. The lowest BCUT2D eigenvalue weighted by Gasteiger charge is -2.26. The van der Waals surface area contributed by atoms with Crippen LogP contribution >= 0.6 is 11.6 Å². The molecule has 0 aromatic heterocycles. The van der Waals surface area contributed by atoms with Crippen LogP contribution in [0.25, 0.3) is 0 Å². The number of hydrogen-bond donors (Lipinski definition) is 1. The minimum Gasteiger partial charge on any atom is -0.486 e.